The maximum atomic E-state index is 13.7. The number of hydrogen-bond acceptors (Lipinski definition) is 8. The molecule has 3 N–H and O–H groups in total. The highest BCUT2D eigenvalue weighted by Gasteiger charge is 2.32. The molecule has 0 aliphatic rings. The highest BCUT2D eigenvalue weighted by atomic mass is 32.2. The molecule has 0 unspecified atom stereocenters. The van der Waals surface area contributed by atoms with E-state index >= 15 is 0 Å². The van der Waals surface area contributed by atoms with Gasteiger partial charge in [0.1, 0.15) is 28.4 Å². The molecule has 2 aromatic carbocycles. The predicted molar refractivity (Wildman–Crippen MR) is 153 cm³/mol. The maximum Gasteiger partial charge on any atom is 0.422 e. The summed E-state index contributed by atoms with van der Waals surface area (Å²) in [5.41, 5.74) is -1.51. The lowest BCUT2D eigenvalue weighted by Crippen LogP contribution is -2.39. The first-order chi connectivity index (χ1) is 20.6. The Hall–Kier alpha value is -4.34. The minimum Gasteiger partial charge on any atom is -0.494 e. The van der Waals surface area contributed by atoms with Gasteiger partial charge in [-0.3, -0.25) is 9.78 Å². The molecule has 2 aromatic heterocycles. The van der Waals surface area contributed by atoms with Gasteiger partial charge < -0.3 is 19.9 Å². The average Bonchev–Trinajstić information content (AvgIpc) is 2.96. The fraction of sp³-hybridized carbons (Fsp3) is 0.276. The van der Waals surface area contributed by atoms with Crippen molar-refractivity contribution in [3.05, 3.63) is 83.4 Å². The molecule has 44 heavy (non-hydrogen) atoms. The van der Waals surface area contributed by atoms with Crippen molar-refractivity contribution in [3.8, 4) is 22.8 Å². The summed E-state index contributed by atoms with van der Waals surface area (Å²) in [5, 5.41) is 14.7. The van der Waals surface area contributed by atoms with Crippen LogP contribution in [0.3, 0.4) is 0 Å². The molecular weight excluding hydrogens is 608 g/mol. The van der Waals surface area contributed by atoms with Gasteiger partial charge in [-0.05, 0) is 55.5 Å². The number of ether oxygens (including phenoxy) is 2. The van der Waals surface area contributed by atoms with Crippen molar-refractivity contribution < 1.29 is 45.4 Å². The molecule has 0 aliphatic carbocycles. The van der Waals surface area contributed by atoms with Gasteiger partial charge in [-0.2, -0.15) is 13.2 Å². The number of alkyl halides is 3. The Labute approximate surface area is 250 Å². The number of carbonyl (C=O) groups is 1. The summed E-state index contributed by atoms with van der Waals surface area (Å²) >= 11 is 0. The summed E-state index contributed by atoms with van der Waals surface area (Å²) in [6.45, 7) is -1.37. The summed E-state index contributed by atoms with van der Waals surface area (Å²) in [4.78, 5) is 21.7. The summed E-state index contributed by atoms with van der Waals surface area (Å²) in [7, 11) is -2.39. The Balaban J connectivity index is 1.73. The number of halogens is 4. The Morgan fingerprint density at radius 2 is 1.80 bits per heavy atom. The number of sulfonamides is 1. The lowest BCUT2D eigenvalue weighted by atomic mass is 9.97. The third-order valence-electron chi connectivity index (χ3n) is 6.37. The van der Waals surface area contributed by atoms with E-state index in [0.29, 0.717) is 16.7 Å². The highest BCUT2D eigenvalue weighted by molar-refractivity contribution is 7.88. The molecular formula is C29H28F4N4O6S. The van der Waals surface area contributed by atoms with E-state index in [2.05, 4.69) is 20.0 Å². The number of fused-ring (bicyclic) bond motifs is 1. The molecule has 0 aliphatic heterocycles. The van der Waals surface area contributed by atoms with Gasteiger partial charge in [0.05, 0.1) is 25.6 Å². The second-order valence-corrected chi connectivity index (χ2v) is 11.9. The van der Waals surface area contributed by atoms with E-state index in [4.69, 9.17) is 9.47 Å². The fourth-order valence-corrected chi connectivity index (χ4v) is 4.63. The monoisotopic (exact) mass is 636 g/mol. The number of aliphatic hydroxyl groups is 1. The fourth-order valence-electron chi connectivity index (χ4n) is 4.21. The van der Waals surface area contributed by atoms with Gasteiger partial charge in [-0.1, -0.05) is 6.07 Å². The molecule has 0 radical (unpaired) electrons. The molecule has 1 amide bonds. The number of pyridine rings is 2. The van der Waals surface area contributed by atoms with Gasteiger partial charge in [-0.25, -0.2) is 22.5 Å². The number of rotatable bonds is 11. The zero-order chi connectivity index (χ0) is 32.3. The lowest BCUT2D eigenvalue weighted by Gasteiger charge is -2.26. The van der Waals surface area contributed by atoms with E-state index < -0.39 is 59.0 Å². The number of nitrogens with zero attached hydrogens (tertiary/aromatic N) is 2. The standard InChI is InChI=1S/C29H28F4N4O6S/c1-28(39,15-35-27(38)19-11-18-5-4-10-34-24(18)22(12-19)42-2)23-13-20(14-36-44(3,40)41)26(43-16-29(31,32)33)25(37-23)17-6-8-21(30)9-7-17/h4-13,36,39H,14-16H2,1-3H3,(H,35,38)/t28-/m0/s1. The highest BCUT2D eigenvalue weighted by Crippen LogP contribution is 2.36. The first kappa shape index (κ1) is 32.6. The first-order valence-electron chi connectivity index (χ1n) is 12.9. The normalized spacial score (nSPS) is 13.4. The van der Waals surface area contributed by atoms with Crippen LogP contribution < -0.4 is 19.5 Å². The number of carbonyl (C=O) groups excluding carboxylic acids is 1. The summed E-state index contributed by atoms with van der Waals surface area (Å²) < 4.78 is 89.5. The lowest BCUT2D eigenvalue weighted by molar-refractivity contribution is -0.153. The predicted octanol–water partition coefficient (Wildman–Crippen LogP) is 4.07. The summed E-state index contributed by atoms with van der Waals surface area (Å²) in [6.07, 6.45) is -2.32. The quantitative estimate of drug-likeness (QED) is 0.210. The Kier molecular flexibility index (Phi) is 9.41. The van der Waals surface area contributed by atoms with Crippen LogP contribution in [0, 0.1) is 5.82 Å². The first-order valence-corrected chi connectivity index (χ1v) is 14.8. The molecule has 0 fully saturated rings. The average molecular weight is 637 g/mol. The van der Waals surface area contributed by atoms with Crippen molar-refractivity contribution in [3.63, 3.8) is 0 Å². The number of aromatic nitrogens is 2. The molecule has 10 nitrogen and oxygen atoms in total. The smallest absolute Gasteiger partial charge is 0.422 e. The number of benzene rings is 2. The molecule has 1 atom stereocenters. The third-order valence-corrected chi connectivity index (χ3v) is 7.04. The Morgan fingerprint density at radius 1 is 1.09 bits per heavy atom. The minimum absolute atomic E-state index is 0.0950. The molecule has 15 heteroatoms. The van der Waals surface area contributed by atoms with Crippen LogP contribution in [0.5, 0.6) is 11.5 Å². The molecule has 0 bridgehead atoms. The second kappa shape index (κ2) is 12.7. The number of hydrogen-bond donors (Lipinski definition) is 3. The van der Waals surface area contributed by atoms with E-state index in [-0.39, 0.29) is 28.1 Å². The van der Waals surface area contributed by atoms with E-state index in [1.54, 1.807) is 24.4 Å². The molecule has 4 rings (SSSR count). The Morgan fingerprint density at radius 3 is 2.43 bits per heavy atom. The molecule has 2 heterocycles. The van der Waals surface area contributed by atoms with Crippen molar-refractivity contribution in [1.82, 2.24) is 20.0 Å². The largest absolute Gasteiger partial charge is 0.494 e. The second-order valence-electron chi connectivity index (χ2n) is 10.1. The van der Waals surface area contributed by atoms with Crippen LogP contribution in [-0.2, 0) is 22.2 Å². The maximum absolute atomic E-state index is 13.7. The van der Waals surface area contributed by atoms with E-state index in [1.165, 1.54) is 38.3 Å². The van der Waals surface area contributed by atoms with Gasteiger partial charge in [0.15, 0.2) is 12.4 Å². The van der Waals surface area contributed by atoms with E-state index in [0.717, 1.165) is 18.4 Å². The van der Waals surface area contributed by atoms with Gasteiger partial charge in [0.25, 0.3) is 5.91 Å². The van der Waals surface area contributed by atoms with Gasteiger partial charge >= 0.3 is 6.18 Å². The zero-order valence-corrected chi connectivity index (χ0v) is 24.5. The SMILES string of the molecule is COc1cc(C(=O)NC[C@](C)(O)c2cc(CNS(C)(=O)=O)c(OCC(F)(F)F)c(-c3ccc(F)cc3)n2)cc2cccnc12. The van der Waals surface area contributed by atoms with Crippen molar-refractivity contribution in [2.75, 3.05) is 26.5 Å². The molecule has 234 valence electrons. The topological polar surface area (TPSA) is 140 Å². The number of amides is 1. The third kappa shape index (κ3) is 8.18. The van der Waals surface area contributed by atoms with E-state index in [9.17, 15) is 35.9 Å². The van der Waals surface area contributed by atoms with Gasteiger partial charge in [0, 0.05) is 34.8 Å². The molecule has 0 saturated carbocycles. The van der Waals surface area contributed by atoms with Crippen molar-refractivity contribution >= 4 is 26.8 Å². The summed E-state index contributed by atoms with van der Waals surface area (Å²) in [6, 6.07) is 12.3. The Bertz CT molecular complexity index is 1780. The van der Waals surface area contributed by atoms with Crippen molar-refractivity contribution in [1.29, 1.82) is 0 Å². The van der Waals surface area contributed by atoms with Crippen LogP contribution in [0.1, 0.15) is 28.5 Å². The number of methoxy groups -OCH3 is 1. The molecule has 0 spiro atoms. The summed E-state index contributed by atoms with van der Waals surface area (Å²) in [5.74, 6) is -1.29. The van der Waals surface area contributed by atoms with Crippen LogP contribution in [0.25, 0.3) is 22.2 Å². The van der Waals surface area contributed by atoms with Crippen LogP contribution in [0.4, 0.5) is 17.6 Å². The van der Waals surface area contributed by atoms with Crippen LogP contribution in [0.2, 0.25) is 0 Å². The number of nitrogens with one attached hydrogen (secondary N) is 2. The van der Waals surface area contributed by atoms with Crippen LogP contribution in [0.15, 0.2) is 60.8 Å². The van der Waals surface area contributed by atoms with Crippen LogP contribution >= 0.6 is 0 Å². The van der Waals surface area contributed by atoms with Gasteiger partial charge in [0.2, 0.25) is 10.0 Å². The van der Waals surface area contributed by atoms with Gasteiger partial charge in [-0.15, -0.1) is 0 Å². The zero-order valence-electron chi connectivity index (χ0n) is 23.7. The minimum atomic E-state index is -4.75. The molecule has 4 aromatic rings. The molecule has 0 saturated heterocycles. The van der Waals surface area contributed by atoms with E-state index in [1.807, 2.05) is 0 Å². The van der Waals surface area contributed by atoms with Crippen molar-refractivity contribution in [2.45, 2.75) is 25.2 Å². The van der Waals surface area contributed by atoms with Crippen LogP contribution in [-0.4, -0.2) is 62.1 Å². The van der Waals surface area contributed by atoms with Crippen molar-refractivity contribution in [2.24, 2.45) is 0 Å².